The summed E-state index contributed by atoms with van der Waals surface area (Å²) in [6, 6.07) is 2.00. The molecule has 1 saturated heterocycles. The number of rotatable bonds is 5. The number of pyridine rings is 1. The lowest BCUT2D eigenvalue weighted by Crippen LogP contribution is -2.39. The summed E-state index contributed by atoms with van der Waals surface area (Å²) in [7, 11) is 2.00. The van der Waals surface area contributed by atoms with Crippen molar-refractivity contribution in [2.75, 3.05) is 26.7 Å². The summed E-state index contributed by atoms with van der Waals surface area (Å²) in [5, 5.41) is 8.92. The first-order chi connectivity index (χ1) is 13.6. The van der Waals surface area contributed by atoms with Crippen LogP contribution in [0.4, 0.5) is 0 Å². The molecule has 0 aromatic carbocycles. The van der Waals surface area contributed by atoms with Crippen LogP contribution in [0.2, 0.25) is 0 Å². The molecule has 0 bridgehead atoms. The first-order valence-corrected chi connectivity index (χ1v) is 11.0. The highest BCUT2D eigenvalue weighted by Gasteiger charge is 2.29. The van der Waals surface area contributed by atoms with Gasteiger partial charge in [-0.15, -0.1) is 24.8 Å². The second kappa shape index (κ2) is 11.0. The summed E-state index contributed by atoms with van der Waals surface area (Å²) in [5.41, 5.74) is 3.23. The second-order valence-electron chi connectivity index (χ2n) is 9.74. The molecule has 0 aliphatic carbocycles. The Morgan fingerprint density at radius 3 is 2.35 bits per heavy atom. The van der Waals surface area contributed by atoms with Crippen molar-refractivity contribution in [3.05, 3.63) is 23.0 Å². The van der Waals surface area contributed by atoms with Gasteiger partial charge in [0.05, 0.1) is 22.2 Å². The zero-order valence-corrected chi connectivity index (χ0v) is 21.6. The maximum atomic E-state index is 13.6. The van der Waals surface area contributed by atoms with Gasteiger partial charge in [-0.2, -0.15) is 5.10 Å². The van der Waals surface area contributed by atoms with Crippen LogP contribution in [0.1, 0.15) is 81.5 Å². The second-order valence-corrected chi connectivity index (χ2v) is 9.74. The Labute approximate surface area is 199 Å². The highest BCUT2D eigenvalue weighted by molar-refractivity contribution is 6.06. The van der Waals surface area contributed by atoms with Crippen molar-refractivity contribution in [1.29, 1.82) is 0 Å². The molecular weight excluding hydrogens is 433 g/mol. The van der Waals surface area contributed by atoms with Crippen LogP contribution in [0.25, 0.3) is 11.0 Å². The Kier molecular flexibility index (Phi) is 9.79. The molecule has 3 rings (SSSR count). The SMILES string of the molecule is CNCCC1CCN(C(=O)c2cc(C(C)C)nc3c2c(C)nn3C(C)(C)C)CC1.Cl.Cl. The molecule has 2 aromatic rings. The van der Waals surface area contributed by atoms with E-state index in [-0.39, 0.29) is 42.2 Å². The molecule has 0 spiro atoms. The van der Waals surface area contributed by atoms with E-state index in [1.165, 1.54) is 6.42 Å². The molecule has 0 radical (unpaired) electrons. The van der Waals surface area contributed by atoms with E-state index < -0.39 is 0 Å². The van der Waals surface area contributed by atoms with E-state index in [1.807, 2.05) is 29.6 Å². The van der Waals surface area contributed by atoms with Crippen molar-refractivity contribution in [1.82, 2.24) is 25.0 Å². The number of carbonyl (C=O) groups is 1. The van der Waals surface area contributed by atoms with Gasteiger partial charge in [0.1, 0.15) is 0 Å². The number of carbonyl (C=O) groups excluding carboxylic acids is 1. The van der Waals surface area contributed by atoms with Crippen LogP contribution in [-0.2, 0) is 5.54 Å². The topological polar surface area (TPSA) is 63.1 Å². The van der Waals surface area contributed by atoms with Crippen LogP contribution < -0.4 is 5.32 Å². The van der Waals surface area contributed by atoms with Crippen molar-refractivity contribution < 1.29 is 4.79 Å². The number of nitrogens with one attached hydrogen (secondary N) is 1. The molecular formula is C23H39Cl2N5O. The molecule has 1 aliphatic heterocycles. The van der Waals surface area contributed by atoms with E-state index in [1.54, 1.807) is 0 Å². The van der Waals surface area contributed by atoms with Gasteiger partial charge in [0.15, 0.2) is 5.65 Å². The van der Waals surface area contributed by atoms with Gasteiger partial charge in [-0.05, 0) is 78.5 Å². The fraction of sp³-hybridized carbons (Fsp3) is 0.696. The Bertz CT molecular complexity index is 880. The lowest BCUT2D eigenvalue weighted by Gasteiger charge is -2.32. The van der Waals surface area contributed by atoms with Crippen LogP contribution in [0.15, 0.2) is 6.07 Å². The summed E-state index contributed by atoms with van der Waals surface area (Å²) >= 11 is 0. The highest BCUT2D eigenvalue weighted by Crippen LogP contribution is 2.30. The molecule has 2 aromatic heterocycles. The van der Waals surface area contributed by atoms with E-state index in [0.717, 1.165) is 60.5 Å². The molecule has 176 valence electrons. The van der Waals surface area contributed by atoms with Gasteiger partial charge in [0, 0.05) is 18.8 Å². The zero-order chi connectivity index (χ0) is 21.3. The van der Waals surface area contributed by atoms with Crippen LogP contribution in [0, 0.1) is 12.8 Å². The number of nitrogens with zero attached hydrogens (tertiary/aromatic N) is 4. The molecule has 0 unspecified atom stereocenters. The predicted octanol–water partition coefficient (Wildman–Crippen LogP) is 4.92. The smallest absolute Gasteiger partial charge is 0.254 e. The van der Waals surface area contributed by atoms with Crippen LogP contribution in [0.3, 0.4) is 0 Å². The monoisotopic (exact) mass is 471 g/mol. The number of hydrogen-bond donors (Lipinski definition) is 1. The van der Waals surface area contributed by atoms with E-state index >= 15 is 0 Å². The lowest BCUT2D eigenvalue weighted by molar-refractivity contribution is 0.0689. The van der Waals surface area contributed by atoms with Crippen molar-refractivity contribution >= 4 is 41.8 Å². The summed E-state index contributed by atoms with van der Waals surface area (Å²) in [5.74, 6) is 1.09. The van der Waals surface area contributed by atoms with E-state index in [0.29, 0.717) is 5.92 Å². The third kappa shape index (κ3) is 5.91. The normalized spacial score (nSPS) is 15.2. The van der Waals surface area contributed by atoms with Gasteiger partial charge in [-0.3, -0.25) is 4.79 Å². The van der Waals surface area contributed by atoms with Gasteiger partial charge in [0.2, 0.25) is 0 Å². The zero-order valence-electron chi connectivity index (χ0n) is 20.0. The third-order valence-corrected chi connectivity index (χ3v) is 5.99. The number of likely N-dealkylation sites (tertiary alicyclic amines) is 1. The van der Waals surface area contributed by atoms with Crippen LogP contribution in [-0.4, -0.2) is 52.3 Å². The minimum atomic E-state index is -0.193. The van der Waals surface area contributed by atoms with E-state index in [9.17, 15) is 4.79 Å². The van der Waals surface area contributed by atoms with Gasteiger partial charge in [-0.25, -0.2) is 9.67 Å². The van der Waals surface area contributed by atoms with Crippen LogP contribution in [0.5, 0.6) is 0 Å². The Morgan fingerprint density at radius 2 is 1.84 bits per heavy atom. The summed E-state index contributed by atoms with van der Waals surface area (Å²) in [4.78, 5) is 20.5. The number of fused-ring (bicyclic) bond motifs is 1. The molecule has 1 N–H and O–H groups in total. The van der Waals surface area contributed by atoms with Crippen LogP contribution >= 0.6 is 24.8 Å². The predicted molar refractivity (Wildman–Crippen MR) is 133 cm³/mol. The Morgan fingerprint density at radius 1 is 1.23 bits per heavy atom. The fourth-order valence-electron chi connectivity index (χ4n) is 4.18. The molecule has 3 heterocycles. The number of amides is 1. The molecule has 8 heteroatoms. The summed E-state index contributed by atoms with van der Waals surface area (Å²) in [6.07, 6.45) is 3.35. The maximum Gasteiger partial charge on any atom is 0.254 e. The highest BCUT2D eigenvalue weighted by atomic mass is 35.5. The van der Waals surface area contributed by atoms with Gasteiger partial charge < -0.3 is 10.2 Å². The molecule has 1 fully saturated rings. The van der Waals surface area contributed by atoms with Gasteiger partial charge in [0.25, 0.3) is 5.91 Å². The first kappa shape index (κ1) is 27.7. The number of aromatic nitrogens is 3. The van der Waals surface area contributed by atoms with Crippen molar-refractivity contribution in [2.45, 2.75) is 72.3 Å². The fourth-order valence-corrected chi connectivity index (χ4v) is 4.18. The minimum absolute atomic E-state index is 0. The summed E-state index contributed by atoms with van der Waals surface area (Å²) < 4.78 is 1.98. The lowest BCUT2D eigenvalue weighted by atomic mass is 9.93. The molecule has 1 amide bonds. The third-order valence-electron chi connectivity index (χ3n) is 5.99. The van der Waals surface area contributed by atoms with Crippen molar-refractivity contribution in [3.63, 3.8) is 0 Å². The summed E-state index contributed by atoms with van der Waals surface area (Å²) in [6.45, 7) is 15.3. The van der Waals surface area contributed by atoms with Gasteiger partial charge >= 0.3 is 0 Å². The first-order valence-electron chi connectivity index (χ1n) is 11.0. The van der Waals surface area contributed by atoms with E-state index in [4.69, 9.17) is 10.1 Å². The number of halogens is 2. The number of aryl methyl sites for hydroxylation is 1. The Balaban J connectivity index is 0.00000240. The Hall–Kier alpha value is -1.37. The van der Waals surface area contributed by atoms with Crippen molar-refractivity contribution in [2.24, 2.45) is 5.92 Å². The number of hydrogen-bond acceptors (Lipinski definition) is 4. The maximum absolute atomic E-state index is 13.6. The largest absolute Gasteiger partial charge is 0.339 e. The standard InChI is InChI=1S/C23H37N5O.2ClH/c1-15(2)19-14-18(20-16(3)26-28(21(20)25-19)23(4,5)6)22(29)27-12-9-17(10-13-27)8-11-24-7;;/h14-15,17,24H,8-13H2,1-7H3;2*1H. The van der Waals surface area contributed by atoms with E-state index in [2.05, 4.69) is 39.9 Å². The molecule has 1 aliphatic rings. The minimum Gasteiger partial charge on any atom is -0.339 e. The quantitative estimate of drug-likeness (QED) is 0.671. The van der Waals surface area contributed by atoms with Crippen molar-refractivity contribution in [3.8, 4) is 0 Å². The molecule has 0 atom stereocenters. The molecule has 6 nitrogen and oxygen atoms in total. The average Bonchev–Trinajstić information content (AvgIpc) is 3.02. The molecule has 31 heavy (non-hydrogen) atoms. The number of piperidine rings is 1. The molecule has 0 saturated carbocycles. The van der Waals surface area contributed by atoms with Gasteiger partial charge in [-0.1, -0.05) is 13.8 Å². The average molecular weight is 473 g/mol.